The minimum atomic E-state index is -0.345. The number of ether oxygens (including phenoxy) is 1. The number of anilines is 1. The molecule has 0 spiro atoms. The van der Waals surface area contributed by atoms with Crippen LogP contribution in [0.4, 0.5) is 10.3 Å². The number of aromatic nitrogens is 3. The Hall–Kier alpha value is -3.45. The molecule has 0 bridgehead atoms. The molecule has 2 atom stereocenters. The van der Waals surface area contributed by atoms with Crippen molar-refractivity contribution < 1.29 is 9.13 Å². The normalized spacial score (nSPS) is 19.2. The molecule has 0 radical (unpaired) electrons. The van der Waals surface area contributed by atoms with Crippen molar-refractivity contribution in [3.05, 3.63) is 112 Å². The summed E-state index contributed by atoms with van der Waals surface area (Å²) in [5.74, 6) is 1.27. The van der Waals surface area contributed by atoms with Gasteiger partial charge in [-0.05, 0) is 47.5 Å². The topological polar surface area (TPSA) is 43.2 Å². The van der Waals surface area contributed by atoms with Crippen LogP contribution >= 0.6 is 15.9 Å². The summed E-state index contributed by atoms with van der Waals surface area (Å²) in [7, 11) is 2.00. The maximum absolute atomic E-state index is 13.8. The third kappa shape index (κ3) is 2.88. The van der Waals surface area contributed by atoms with Gasteiger partial charge < -0.3 is 9.64 Å². The van der Waals surface area contributed by atoms with E-state index in [1.807, 2.05) is 42.1 Å². The summed E-state index contributed by atoms with van der Waals surface area (Å²) in [6.45, 7) is 0. The lowest BCUT2D eigenvalue weighted by Crippen LogP contribution is -2.37. The summed E-state index contributed by atoms with van der Waals surface area (Å²) in [6, 6.07) is 22.5. The summed E-state index contributed by atoms with van der Waals surface area (Å²) in [5, 5.41) is 4.55. The lowest BCUT2D eigenvalue weighted by molar-refractivity contribution is 0.222. The van der Waals surface area contributed by atoms with E-state index in [1.54, 1.807) is 18.5 Å². The van der Waals surface area contributed by atoms with Crippen LogP contribution in [0.2, 0.25) is 0 Å². The molecule has 1 aromatic heterocycles. The van der Waals surface area contributed by atoms with Crippen LogP contribution in [0, 0.1) is 5.82 Å². The van der Waals surface area contributed by atoms with Gasteiger partial charge in [-0.25, -0.2) is 9.07 Å². The molecule has 2 aliphatic heterocycles. The molecule has 6 rings (SSSR count). The van der Waals surface area contributed by atoms with Crippen molar-refractivity contribution in [2.24, 2.45) is 0 Å². The Bertz CT molecular complexity index is 1350. The van der Waals surface area contributed by atoms with E-state index in [2.05, 4.69) is 49.1 Å². The van der Waals surface area contributed by atoms with Crippen LogP contribution in [0.25, 0.3) is 5.70 Å². The van der Waals surface area contributed by atoms with Crippen LogP contribution in [-0.4, -0.2) is 21.8 Å². The van der Waals surface area contributed by atoms with E-state index in [0.717, 1.165) is 44.1 Å². The van der Waals surface area contributed by atoms with Crippen LogP contribution in [0.5, 0.6) is 5.75 Å². The first-order valence-corrected chi connectivity index (χ1v) is 11.1. The largest absolute Gasteiger partial charge is 0.480 e. The summed E-state index contributed by atoms with van der Waals surface area (Å²) < 4.78 is 23.3. The van der Waals surface area contributed by atoms with E-state index in [-0.39, 0.29) is 18.0 Å². The van der Waals surface area contributed by atoms with E-state index in [0.29, 0.717) is 0 Å². The highest BCUT2D eigenvalue weighted by molar-refractivity contribution is 9.10. The number of hydrogen-bond donors (Lipinski definition) is 0. The molecule has 2 aliphatic rings. The fourth-order valence-corrected chi connectivity index (χ4v) is 4.90. The quantitative estimate of drug-likeness (QED) is 0.359. The van der Waals surface area contributed by atoms with Crippen molar-refractivity contribution in [3.63, 3.8) is 0 Å². The fraction of sp³-hybridized carbons (Fsp3) is 0.120. The van der Waals surface area contributed by atoms with Crippen molar-refractivity contribution in [1.82, 2.24) is 14.8 Å². The van der Waals surface area contributed by atoms with Gasteiger partial charge in [0.2, 0.25) is 5.95 Å². The summed E-state index contributed by atoms with van der Waals surface area (Å²) in [4.78, 5) is 6.59. The molecule has 3 heterocycles. The van der Waals surface area contributed by atoms with Gasteiger partial charge in [0.25, 0.3) is 0 Å². The Morgan fingerprint density at radius 2 is 1.66 bits per heavy atom. The minimum absolute atomic E-state index is 0.274. The lowest BCUT2D eigenvalue weighted by Gasteiger charge is -2.42. The number of halogens is 2. The molecule has 5 nitrogen and oxygen atoms in total. The van der Waals surface area contributed by atoms with Crippen LogP contribution in [0.15, 0.2) is 89.2 Å². The lowest BCUT2D eigenvalue weighted by atomic mass is 9.84. The van der Waals surface area contributed by atoms with Gasteiger partial charge in [-0.3, -0.25) is 0 Å². The van der Waals surface area contributed by atoms with Crippen LogP contribution in [0.1, 0.15) is 28.8 Å². The van der Waals surface area contributed by atoms with Gasteiger partial charge in [0.1, 0.15) is 30.0 Å². The zero-order valence-corrected chi connectivity index (χ0v) is 18.7. The van der Waals surface area contributed by atoms with E-state index >= 15 is 0 Å². The van der Waals surface area contributed by atoms with Crippen LogP contribution in [0.3, 0.4) is 0 Å². The van der Waals surface area contributed by atoms with Gasteiger partial charge in [0.15, 0.2) is 0 Å². The summed E-state index contributed by atoms with van der Waals surface area (Å²) in [5.41, 5.74) is 5.02. The first-order valence-electron chi connectivity index (χ1n) is 10.3. The van der Waals surface area contributed by atoms with Gasteiger partial charge in [-0.15, -0.1) is 0 Å². The van der Waals surface area contributed by atoms with E-state index in [9.17, 15) is 4.39 Å². The molecule has 32 heavy (non-hydrogen) atoms. The Morgan fingerprint density at radius 3 is 2.44 bits per heavy atom. The Balaban J connectivity index is 1.65. The highest BCUT2D eigenvalue weighted by Gasteiger charge is 2.42. The third-order valence-electron chi connectivity index (χ3n) is 6.03. The number of rotatable bonds is 2. The molecular formula is C25H18BrFN4O. The van der Waals surface area contributed by atoms with Crippen molar-refractivity contribution in [3.8, 4) is 5.75 Å². The molecule has 0 aliphatic carbocycles. The number of fused-ring (bicyclic) bond motifs is 3. The van der Waals surface area contributed by atoms with Crippen molar-refractivity contribution in [2.75, 3.05) is 11.9 Å². The van der Waals surface area contributed by atoms with Crippen molar-refractivity contribution in [1.29, 1.82) is 0 Å². The Morgan fingerprint density at radius 1 is 0.938 bits per heavy atom. The molecular weight excluding hydrogens is 471 g/mol. The number of benzene rings is 3. The molecule has 0 saturated carbocycles. The number of para-hydroxylation sites is 1. The second-order valence-electron chi connectivity index (χ2n) is 7.87. The second kappa shape index (κ2) is 7.31. The highest BCUT2D eigenvalue weighted by Crippen LogP contribution is 2.52. The zero-order chi connectivity index (χ0) is 21.8. The van der Waals surface area contributed by atoms with E-state index < -0.39 is 0 Å². The van der Waals surface area contributed by atoms with Gasteiger partial charge in [0.05, 0.1) is 5.70 Å². The third-order valence-corrected chi connectivity index (χ3v) is 6.56. The molecule has 0 fully saturated rings. The standard InChI is InChI=1S/C25H18BrFN4O/c1-30-23-19-4-2-3-5-20(19)32-24(16-6-10-17(26)11-7-16)21(23)22(31-25(30)28-14-29-31)15-8-12-18(27)13-9-15/h2-14,22,24H,1H3/t22-,24+/m0/s1. The molecule has 0 saturated heterocycles. The molecule has 3 aromatic carbocycles. The van der Waals surface area contributed by atoms with Gasteiger partial charge >= 0.3 is 0 Å². The Labute approximate surface area is 192 Å². The molecule has 7 heteroatoms. The second-order valence-corrected chi connectivity index (χ2v) is 8.78. The molecule has 4 aromatic rings. The fourth-order valence-electron chi connectivity index (χ4n) is 4.63. The summed E-state index contributed by atoms with van der Waals surface area (Å²) >= 11 is 3.53. The smallest absolute Gasteiger partial charge is 0.229 e. The highest BCUT2D eigenvalue weighted by atomic mass is 79.9. The average molecular weight is 489 g/mol. The van der Waals surface area contributed by atoms with E-state index in [4.69, 9.17) is 4.74 Å². The maximum Gasteiger partial charge on any atom is 0.229 e. The monoisotopic (exact) mass is 488 g/mol. The van der Waals surface area contributed by atoms with Gasteiger partial charge in [-0.2, -0.15) is 10.1 Å². The Kier molecular flexibility index (Phi) is 4.40. The van der Waals surface area contributed by atoms with Gasteiger partial charge in [0, 0.05) is 22.7 Å². The average Bonchev–Trinajstić information content (AvgIpc) is 3.30. The first-order chi connectivity index (χ1) is 15.6. The van der Waals surface area contributed by atoms with Crippen LogP contribution < -0.4 is 9.64 Å². The molecule has 0 unspecified atom stereocenters. The summed E-state index contributed by atoms with van der Waals surface area (Å²) in [6.07, 6.45) is 1.21. The van der Waals surface area contributed by atoms with Crippen molar-refractivity contribution in [2.45, 2.75) is 12.1 Å². The SMILES string of the molecule is CN1C2=C([C@H](c3ccc(F)cc3)n3ncnc31)[C@@H](c1ccc(Br)cc1)Oc1ccccc12. The predicted molar refractivity (Wildman–Crippen MR) is 124 cm³/mol. The molecule has 0 N–H and O–H groups in total. The molecule has 158 valence electrons. The number of nitrogens with zero attached hydrogens (tertiary/aromatic N) is 4. The maximum atomic E-state index is 13.8. The van der Waals surface area contributed by atoms with Gasteiger partial charge in [-0.1, -0.05) is 52.3 Å². The van der Waals surface area contributed by atoms with Crippen molar-refractivity contribution >= 4 is 27.6 Å². The minimum Gasteiger partial charge on any atom is -0.480 e. The first kappa shape index (κ1) is 19.3. The van der Waals surface area contributed by atoms with E-state index in [1.165, 1.54) is 12.1 Å². The number of hydrogen-bond acceptors (Lipinski definition) is 4. The molecule has 0 amide bonds. The predicted octanol–water partition coefficient (Wildman–Crippen LogP) is 5.76. The van der Waals surface area contributed by atoms with Crippen LogP contribution in [-0.2, 0) is 0 Å². The zero-order valence-electron chi connectivity index (χ0n) is 17.1.